The van der Waals surface area contributed by atoms with E-state index in [0.717, 1.165) is 5.56 Å². The molecule has 0 fully saturated rings. The zero-order valence-corrected chi connectivity index (χ0v) is 5.49. The first-order chi connectivity index (χ1) is 4.84. The molecule has 0 saturated heterocycles. The van der Waals surface area contributed by atoms with Crippen LogP contribution in [-0.2, 0) is 0 Å². The average molecular weight is 132 g/mol. The highest BCUT2D eigenvalue weighted by Crippen LogP contribution is 2.06. The fourth-order valence-corrected chi connectivity index (χ4v) is 0.735. The molecule has 2 nitrogen and oxygen atoms in total. The SMILES string of the molecule is N#C[C@H](N)c1ccccc1. The van der Waals surface area contributed by atoms with E-state index in [0.29, 0.717) is 0 Å². The van der Waals surface area contributed by atoms with Crippen molar-refractivity contribution in [1.82, 2.24) is 0 Å². The summed E-state index contributed by atoms with van der Waals surface area (Å²) in [7, 11) is 0. The molecule has 2 heteroatoms. The van der Waals surface area contributed by atoms with Gasteiger partial charge in [0.15, 0.2) is 0 Å². The topological polar surface area (TPSA) is 49.8 Å². The molecule has 0 aliphatic heterocycles. The quantitative estimate of drug-likeness (QED) is 0.624. The summed E-state index contributed by atoms with van der Waals surface area (Å²) in [6, 6.07) is 10.8. The molecule has 0 radical (unpaired) electrons. The number of nitriles is 1. The number of rotatable bonds is 1. The average Bonchev–Trinajstić information content (AvgIpc) is 2.05. The summed E-state index contributed by atoms with van der Waals surface area (Å²) in [5.41, 5.74) is 6.30. The molecular weight excluding hydrogens is 124 g/mol. The Kier molecular flexibility index (Phi) is 2.03. The van der Waals surface area contributed by atoms with Crippen molar-refractivity contribution >= 4 is 0 Å². The smallest absolute Gasteiger partial charge is 0.118 e. The zero-order valence-electron chi connectivity index (χ0n) is 5.49. The molecule has 0 amide bonds. The highest BCUT2D eigenvalue weighted by Gasteiger charge is 1.99. The van der Waals surface area contributed by atoms with Crippen LogP contribution in [0.15, 0.2) is 30.3 Å². The van der Waals surface area contributed by atoms with Crippen LogP contribution in [0.1, 0.15) is 11.6 Å². The van der Waals surface area contributed by atoms with Gasteiger partial charge in [-0.25, -0.2) is 0 Å². The lowest BCUT2D eigenvalue weighted by Crippen LogP contribution is -2.06. The van der Waals surface area contributed by atoms with Gasteiger partial charge in [-0.15, -0.1) is 0 Å². The molecule has 10 heavy (non-hydrogen) atoms. The van der Waals surface area contributed by atoms with Gasteiger partial charge in [-0.3, -0.25) is 0 Å². The summed E-state index contributed by atoms with van der Waals surface area (Å²) >= 11 is 0. The number of nitrogens with two attached hydrogens (primary N) is 1. The second kappa shape index (κ2) is 3.00. The molecule has 0 unspecified atom stereocenters. The van der Waals surface area contributed by atoms with E-state index >= 15 is 0 Å². The lowest BCUT2D eigenvalue weighted by molar-refractivity contribution is 0.926. The third-order valence-electron chi connectivity index (χ3n) is 1.30. The first kappa shape index (κ1) is 6.79. The largest absolute Gasteiger partial charge is 0.312 e. The van der Waals surface area contributed by atoms with E-state index in [4.69, 9.17) is 11.0 Å². The van der Waals surface area contributed by atoms with Crippen molar-refractivity contribution < 1.29 is 0 Å². The number of benzene rings is 1. The highest BCUT2D eigenvalue weighted by molar-refractivity contribution is 5.22. The van der Waals surface area contributed by atoms with Crippen LogP contribution in [0, 0.1) is 11.3 Å². The van der Waals surface area contributed by atoms with Crippen molar-refractivity contribution in [3.63, 3.8) is 0 Å². The van der Waals surface area contributed by atoms with E-state index in [1.54, 1.807) is 0 Å². The van der Waals surface area contributed by atoms with Crippen molar-refractivity contribution in [3.8, 4) is 6.07 Å². The van der Waals surface area contributed by atoms with Crippen LogP contribution >= 0.6 is 0 Å². The molecule has 2 N–H and O–H groups in total. The molecule has 1 rings (SSSR count). The van der Waals surface area contributed by atoms with Crippen LogP contribution in [0.3, 0.4) is 0 Å². The first-order valence-electron chi connectivity index (χ1n) is 3.04. The Balaban J connectivity index is 2.88. The summed E-state index contributed by atoms with van der Waals surface area (Å²) in [5, 5.41) is 8.41. The van der Waals surface area contributed by atoms with E-state index in [2.05, 4.69) is 0 Å². The third-order valence-corrected chi connectivity index (χ3v) is 1.30. The van der Waals surface area contributed by atoms with Gasteiger partial charge in [0.2, 0.25) is 0 Å². The Morgan fingerprint density at radius 3 is 2.40 bits per heavy atom. The summed E-state index contributed by atoms with van der Waals surface area (Å²) in [6.07, 6.45) is 0. The molecule has 50 valence electrons. The lowest BCUT2D eigenvalue weighted by atomic mass is 10.1. The van der Waals surface area contributed by atoms with Gasteiger partial charge in [0.05, 0.1) is 6.07 Å². The molecule has 0 aliphatic rings. The molecule has 0 bridgehead atoms. The Bertz CT molecular complexity index is 235. The summed E-state index contributed by atoms with van der Waals surface area (Å²) in [4.78, 5) is 0. The predicted octanol–water partition coefficient (Wildman–Crippen LogP) is 1.21. The molecule has 1 aromatic rings. The standard InChI is InChI=1S/C8H8N2/c9-6-8(10)7-4-2-1-3-5-7/h1-5,8H,10H2/t8-/m0/s1. The Labute approximate surface area is 59.9 Å². The maximum Gasteiger partial charge on any atom is 0.118 e. The summed E-state index contributed by atoms with van der Waals surface area (Å²) in [6.45, 7) is 0. The second-order valence-electron chi connectivity index (χ2n) is 2.02. The fraction of sp³-hybridized carbons (Fsp3) is 0.125. The third kappa shape index (κ3) is 1.34. The Hall–Kier alpha value is -1.33. The van der Waals surface area contributed by atoms with Crippen molar-refractivity contribution in [1.29, 1.82) is 5.26 Å². The highest BCUT2D eigenvalue weighted by atomic mass is 14.6. The van der Waals surface area contributed by atoms with E-state index in [9.17, 15) is 0 Å². The van der Waals surface area contributed by atoms with E-state index in [1.165, 1.54) is 0 Å². The molecule has 1 atom stereocenters. The second-order valence-corrected chi connectivity index (χ2v) is 2.02. The van der Waals surface area contributed by atoms with Crippen LogP contribution in [-0.4, -0.2) is 0 Å². The monoisotopic (exact) mass is 132 g/mol. The van der Waals surface area contributed by atoms with Gasteiger partial charge >= 0.3 is 0 Å². The van der Waals surface area contributed by atoms with Gasteiger partial charge in [-0.05, 0) is 5.56 Å². The van der Waals surface area contributed by atoms with E-state index in [1.807, 2.05) is 36.4 Å². The van der Waals surface area contributed by atoms with Gasteiger partial charge in [0, 0.05) is 0 Å². The molecule has 0 aromatic heterocycles. The lowest BCUT2D eigenvalue weighted by Gasteiger charge is -1.99. The minimum Gasteiger partial charge on any atom is -0.312 e. The van der Waals surface area contributed by atoms with Crippen LogP contribution in [0.2, 0.25) is 0 Å². The van der Waals surface area contributed by atoms with Crippen LogP contribution in [0.5, 0.6) is 0 Å². The Morgan fingerprint density at radius 2 is 1.90 bits per heavy atom. The number of nitrogens with zero attached hydrogens (tertiary/aromatic N) is 1. The fourth-order valence-electron chi connectivity index (χ4n) is 0.735. The van der Waals surface area contributed by atoms with E-state index in [-0.39, 0.29) is 0 Å². The summed E-state index contributed by atoms with van der Waals surface area (Å²) in [5.74, 6) is 0. The minimum atomic E-state index is -0.485. The molecule has 0 saturated carbocycles. The van der Waals surface area contributed by atoms with Gasteiger partial charge < -0.3 is 5.73 Å². The first-order valence-corrected chi connectivity index (χ1v) is 3.04. The van der Waals surface area contributed by atoms with E-state index < -0.39 is 6.04 Å². The van der Waals surface area contributed by atoms with Crippen LogP contribution in [0.25, 0.3) is 0 Å². The van der Waals surface area contributed by atoms with Crippen molar-refractivity contribution in [3.05, 3.63) is 35.9 Å². The predicted molar refractivity (Wildman–Crippen MR) is 39.0 cm³/mol. The van der Waals surface area contributed by atoms with Crippen molar-refractivity contribution in [2.24, 2.45) is 5.73 Å². The normalized spacial score (nSPS) is 12.0. The zero-order chi connectivity index (χ0) is 7.40. The maximum absolute atomic E-state index is 8.41. The molecule has 0 spiro atoms. The van der Waals surface area contributed by atoms with Gasteiger partial charge in [-0.2, -0.15) is 5.26 Å². The van der Waals surface area contributed by atoms with Crippen molar-refractivity contribution in [2.45, 2.75) is 6.04 Å². The van der Waals surface area contributed by atoms with Gasteiger partial charge in [-0.1, -0.05) is 30.3 Å². The molecule has 1 aromatic carbocycles. The summed E-state index contributed by atoms with van der Waals surface area (Å²) < 4.78 is 0. The Morgan fingerprint density at radius 1 is 1.30 bits per heavy atom. The molecule has 0 heterocycles. The van der Waals surface area contributed by atoms with Crippen LogP contribution in [0.4, 0.5) is 0 Å². The molecular formula is C8H8N2. The number of hydrogen-bond donors (Lipinski definition) is 1. The number of hydrogen-bond acceptors (Lipinski definition) is 2. The van der Waals surface area contributed by atoms with Gasteiger partial charge in [0.1, 0.15) is 6.04 Å². The van der Waals surface area contributed by atoms with Gasteiger partial charge in [0.25, 0.3) is 0 Å². The maximum atomic E-state index is 8.41. The van der Waals surface area contributed by atoms with Crippen molar-refractivity contribution in [2.75, 3.05) is 0 Å². The molecule has 0 aliphatic carbocycles. The minimum absolute atomic E-state index is 0.485. The van der Waals surface area contributed by atoms with Crippen LogP contribution < -0.4 is 5.73 Å².